The van der Waals surface area contributed by atoms with Gasteiger partial charge in [-0.25, -0.2) is 0 Å². The standard InChI is InChI=1S/C53H33N3/c1-2-12-45-43(11-1)35(20-18-34-19-21-38-31-41(26-24-37(38)29-34)55-48-15-5-3-13-46(48)47-14-4-6-16-49(47)55)25-27-44(45)40-30-39-23-22-36-9-7-17-50-52(36)53(39)51(32-40)56(50)42-10-8-28-54-33-42/h1-33H. The van der Waals surface area contributed by atoms with Gasteiger partial charge in [-0.1, -0.05) is 127 Å². The molecule has 260 valence electrons. The summed E-state index contributed by atoms with van der Waals surface area (Å²) in [6.45, 7) is 0. The van der Waals surface area contributed by atoms with Crippen LogP contribution >= 0.6 is 0 Å². The summed E-state index contributed by atoms with van der Waals surface area (Å²) in [5.74, 6) is 0. The van der Waals surface area contributed by atoms with E-state index < -0.39 is 0 Å². The van der Waals surface area contributed by atoms with Gasteiger partial charge in [0.2, 0.25) is 0 Å². The number of benzene rings is 9. The summed E-state index contributed by atoms with van der Waals surface area (Å²) in [4.78, 5) is 4.49. The summed E-state index contributed by atoms with van der Waals surface area (Å²) in [6, 6.07) is 64.3. The molecule has 0 aliphatic heterocycles. The van der Waals surface area contributed by atoms with Crippen molar-refractivity contribution in [3.8, 4) is 22.5 Å². The maximum atomic E-state index is 4.49. The van der Waals surface area contributed by atoms with E-state index in [0.29, 0.717) is 0 Å². The number of rotatable bonds is 5. The molecule has 56 heavy (non-hydrogen) atoms. The highest BCUT2D eigenvalue weighted by Crippen LogP contribution is 2.42. The van der Waals surface area contributed by atoms with E-state index in [0.717, 1.165) is 5.69 Å². The molecular formula is C53H33N3. The minimum atomic E-state index is 1.07. The Morgan fingerprint density at radius 3 is 1.89 bits per heavy atom. The van der Waals surface area contributed by atoms with Crippen molar-refractivity contribution in [3.63, 3.8) is 0 Å². The molecule has 3 heterocycles. The molecule has 0 amide bonds. The molecule has 0 N–H and O–H groups in total. The molecule has 0 atom stereocenters. The smallest absolute Gasteiger partial charge is 0.0645 e. The van der Waals surface area contributed by atoms with E-state index in [2.05, 4.69) is 196 Å². The molecule has 0 spiro atoms. The first-order chi connectivity index (χ1) is 27.8. The molecule has 0 radical (unpaired) electrons. The highest BCUT2D eigenvalue weighted by molar-refractivity contribution is 6.25. The zero-order valence-electron chi connectivity index (χ0n) is 30.4. The first-order valence-electron chi connectivity index (χ1n) is 19.2. The molecule has 0 fully saturated rings. The van der Waals surface area contributed by atoms with Crippen LogP contribution in [0.3, 0.4) is 0 Å². The summed E-state index contributed by atoms with van der Waals surface area (Å²) in [5, 5.41) is 12.6. The van der Waals surface area contributed by atoms with Crippen LogP contribution in [-0.2, 0) is 0 Å². The SMILES string of the molecule is C(=Cc1ccc(-c2cc3ccc4cccc5c4c3c(c2)n5-c2cccnc2)c2ccccc12)c1ccc2cc(-n3c4ccccc4c4ccccc43)ccc2c1. The van der Waals surface area contributed by atoms with Crippen LogP contribution in [0, 0.1) is 0 Å². The topological polar surface area (TPSA) is 22.8 Å². The Bertz CT molecular complexity index is 3480. The van der Waals surface area contributed by atoms with Gasteiger partial charge in [-0.2, -0.15) is 0 Å². The summed E-state index contributed by atoms with van der Waals surface area (Å²) >= 11 is 0. The first kappa shape index (κ1) is 30.9. The minimum Gasteiger partial charge on any atom is -0.309 e. The quantitative estimate of drug-likeness (QED) is 0.129. The van der Waals surface area contributed by atoms with Crippen molar-refractivity contribution in [1.29, 1.82) is 0 Å². The van der Waals surface area contributed by atoms with Crippen LogP contribution in [0.5, 0.6) is 0 Å². The third-order valence-electron chi connectivity index (χ3n) is 11.7. The fourth-order valence-corrected chi connectivity index (χ4v) is 9.21. The zero-order chi connectivity index (χ0) is 36.7. The average molecular weight is 712 g/mol. The lowest BCUT2D eigenvalue weighted by molar-refractivity contribution is 1.14. The molecular weight excluding hydrogens is 679 g/mol. The number of hydrogen-bond donors (Lipinski definition) is 0. The second kappa shape index (κ2) is 12.0. The second-order valence-electron chi connectivity index (χ2n) is 14.8. The lowest BCUT2D eigenvalue weighted by Crippen LogP contribution is -1.94. The molecule has 3 heteroatoms. The van der Waals surface area contributed by atoms with Crippen LogP contribution in [0.1, 0.15) is 11.1 Å². The minimum absolute atomic E-state index is 1.07. The van der Waals surface area contributed by atoms with Crippen molar-refractivity contribution in [3.05, 3.63) is 199 Å². The second-order valence-corrected chi connectivity index (χ2v) is 14.8. The Morgan fingerprint density at radius 2 is 1.07 bits per heavy atom. The fraction of sp³-hybridized carbons (Fsp3) is 0. The normalized spacial score (nSPS) is 12.2. The lowest BCUT2D eigenvalue weighted by Gasteiger charge is -2.13. The van der Waals surface area contributed by atoms with Crippen molar-refractivity contribution >= 4 is 88.1 Å². The number of para-hydroxylation sites is 2. The predicted molar refractivity (Wildman–Crippen MR) is 237 cm³/mol. The monoisotopic (exact) mass is 711 g/mol. The molecule has 12 rings (SSSR count). The van der Waals surface area contributed by atoms with Gasteiger partial charge in [0.05, 0.1) is 34.0 Å². The Labute approximate surface area is 323 Å². The van der Waals surface area contributed by atoms with Gasteiger partial charge in [-0.05, 0) is 115 Å². The predicted octanol–water partition coefficient (Wildman–Crippen LogP) is 14.0. The van der Waals surface area contributed by atoms with Crippen LogP contribution in [0.4, 0.5) is 0 Å². The molecule has 0 aliphatic carbocycles. The summed E-state index contributed by atoms with van der Waals surface area (Å²) in [5.41, 5.74) is 11.9. The Kier molecular flexibility index (Phi) is 6.63. The fourth-order valence-electron chi connectivity index (χ4n) is 9.21. The highest BCUT2D eigenvalue weighted by atomic mass is 15.0. The zero-order valence-corrected chi connectivity index (χ0v) is 30.4. The number of fused-ring (bicyclic) bond motifs is 5. The lowest BCUT2D eigenvalue weighted by atomic mass is 9.92. The Balaban J connectivity index is 0.934. The van der Waals surface area contributed by atoms with Crippen molar-refractivity contribution < 1.29 is 0 Å². The third-order valence-corrected chi connectivity index (χ3v) is 11.7. The number of nitrogens with zero attached hydrogens (tertiary/aromatic N) is 3. The highest BCUT2D eigenvalue weighted by Gasteiger charge is 2.19. The maximum absolute atomic E-state index is 4.49. The molecule has 0 aliphatic rings. The summed E-state index contributed by atoms with van der Waals surface area (Å²) in [7, 11) is 0. The van der Waals surface area contributed by atoms with Gasteiger partial charge in [0.25, 0.3) is 0 Å². The molecule has 0 saturated heterocycles. The van der Waals surface area contributed by atoms with Gasteiger partial charge in [0, 0.05) is 33.4 Å². The third kappa shape index (κ3) is 4.61. The van der Waals surface area contributed by atoms with E-state index >= 15 is 0 Å². The van der Waals surface area contributed by atoms with Crippen LogP contribution in [0.25, 0.3) is 111 Å². The van der Waals surface area contributed by atoms with Gasteiger partial charge in [-0.3, -0.25) is 4.98 Å². The van der Waals surface area contributed by atoms with E-state index in [1.807, 2.05) is 18.5 Å². The van der Waals surface area contributed by atoms with Crippen molar-refractivity contribution in [1.82, 2.24) is 14.1 Å². The number of hydrogen-bond acceptors (Lipinski definition) is 1. The van der Waals surface area contributed by atoms with Gasteiger partial charge in [-0.15, -0.1) is 0 Å². The van der Waals surface area contributed by atoms with Gasteiger partial charge in [0.15, 0.2) is 0 Å². The maximum Gasteiger partial charge on any atom is 0.0645 e. The molecule has 9 aromatic carbocycles. The van der Waals surface area contributed by atoms with E-state index in [9.17, 15) is 0 Å². The summed E-state index contributed by atoms with van der Waals surface area (Å²) < 4.78 is 4.75. The molecule has 0 unspecified atom stereocenters. The van der Waals surface area contributed by atoms with Crippen LogP contribution in [0.2, 0.25) is 0 Å². The van der Waals surface area contributed by atoms with E-state index in [4.69, 9.17) is 0 Å². The first-order valence-corrected chi connectivity index (χ1v) is 19.2. The molecule has 3 nitrogen and oxygen atoms in total. The van der Waals surface area contributed by atoms with Crippen molar-refractivity contribution in [2.45, 2.75) is 0 Å². The van der Waals surface area contributed by atoms with Crippen molar-refractivity contribution in [2.75, 3.05) is 0 Å². The van der Waals surface area contributed by atoms with E-state index in [1.54, 1.807) is 0 Å². The number of aromatic nitrogens is 3. The molecule has 0 bridgehead atoms. The van der Waals surface area contributed by atoms with E-state index in [1.165, 1.54) is 104 Å². The van der Waals surface area contributed by atoms with Gasteiger partial charge < -0.3 is 9.13 Å². The van der Waals surface area contributed by atoms with Crippen LogP contribution < -0.4 is 0 Å². The van der Waals surface area contributed by atoms with Gasteiger partial charge >= 0.3 is 0 Å². The summed E-state index contributed by atoms with van der Waals surface area (Å²) in [6.07, 6.45) is 8.30. The Hall–Kier alpha value is -7.49. The Morgan fingerprint density at radius 1 is 0.393 bits per heavy atom. The number of pyridine rings is 1. The molecule has 0 saturated carbocycles. The molecule has 3 aromatic heterocycles. The van der Waals surface area contributed by atoms with Crippen LogP contribution in [-0.4, -0.2) is 14.1 Å². The van der Waals surface area contributed by atoms with E-state index in [-0.39, 0.29) is 0 Å². The van der Waals surface area contributed by atoms with Gasteiger partial charge in [0.1, 0.15) is 0 Å². The van der Waals surface area contributed by atoms with Crippen molar-refractivity contribution in [2.24, 2.45) is 0 Å². The molecule has 12 aromatic rings. The largest absolute Gasteiger partial charge is 0.309 e. The van der Waals surface area contributed by atoms with Crippen LogP contribution in [0.15, 0.2) is 188 Å². The average Bonchev–Trinajstić information content (AvgIpc) is 3.78.